The van der Waals surface area contributed by atoms with Gasteiger partial charge in [0.05, 0.1) is 12.7 Å². The van der Waals surface area contributed by atoms with E-state index in [4.69, 9.17) is 16.7 Å². The minimum Gasteiger partial charge on any atom is -0.478 e. The summed E-state index contributed by atoms with van der Waals surface area (Å²) in [5.74, 6) is -1.01. The summed E-state index contributed by atoms with van der Waals surface area (Å²) in [6, 6.07) is 6.77. The fraction of sp³-hybridized carbons (Fsp3) is 0.250. The van der Waals surface area contributed by atoms with Crippen LogP contribution in [0.25, 0.3) is 0 Å². The van der Waals surface area contributed by atoms with E-state index >= 15 is 0 Å². The summed E-state index contributed by atoms with van der Waals surface area (Å²) in [4.78, 5) is 15.7. The minimum absolute atomic E-state index is 0.0177. The van der Waals surface area contributed by atoms with Gasteiger partial charge in [-0.1, -0.05) is 17.7 Å². The van der Waals surface area contributed by atoms with E-state index < -0.39 is 18.7 Å². The second-order valence-corrected chi connectivity index (χ2v) is 5.48. The Hall–Kier alpha value is -2.15. The lowest BCUT2D eigenvalue weighted by Crippen LogP contribution is -2.18. The lowest BCUT2D eigenvalue weighted by molar-refractivity contribution is 0.0692. The molecular weight excluding hydrogens is 320 g/mol. The molecular formula is C16H17ClN2O4. The van der Waals surface area contributed by atoms with Gasteiger partial charge in [-0.3, -0.25) is 0 Å². The average molecular weight is 337 g/mol. The van der Waals surface area contributed by atoms with Gasteiger partial charge in [0.1, 0.15) is 11.4 Å². The first kappa shape index (κ1) is 17.2. The van der Waals surface area contributed by atoms with Crippen molar-refractivity contribution in [2.45, 2.75) is 19.4 Å². The first-order valence-corrected chi connectivity index (χ1v) is 7.34. The van der Waals surface area contributed by atoms with Crippen LogP contribution in [0, 0.1) is 6.92 Å². The van der Waals surface area contributed by atoms with Gasteiger partial charge in [0, 0.05) is 23.3 Å². The van der Waals surface area contributed by atoms with Crippen LogP contribution in [-0.2, 0) is 6.42 Å². The Morgan fingerprint density at radius 2 is 2.13 bits per heavy atom. The van der Waals surface area contributed by atoms with Gasteiger partial charge in [-0.2, -0.15) is 0 Å². The van der Waals surface area contributed by atoms with Crippen LogP contribution in [0.15, 0.2) is 30.5 Å². The molecule has 0 saturated heterocycles. The molecule has 0 saturated carbocycles. The highest BCUT2D eigenvalue weighted by Gasteiger charge is 2.19. The van der Waals surface area contributed by atoms with E-state index in [1.54, 1.807) is 18.2 Å². The Morgan fingerprint density at radius 3 is 2.78 bits per heavy atom. The van der Waals surface area contributed by atoms with E-state index in [2.05, 4.69) is 10.3 Å². The maximum Gasteiger partial charge on any atom is 0.339 e. The number of carboxylic acid groups (broad SMARTS) is 1. The molecule has 7 heteroatoms. The van der Waals surface area contributed by atoms with E-state index in [0.29, 0.717) is 16.3 Å². The van der Waals surface area contributed by atoms with Crippen molar-refractivity contribution in [2.75, 3.05) is 11.9 Å². The summed E-state index contributed by atoms with van der Waals surface area (Å²) in [5, 5.41) is 31.5. The zero-order chi connectivity index (χ0) is 17.0. The number of aliphatic hydroxyl groups excluding tert-OH is 2. The van der Waals surface area contributed by atoms with E-state index in [0.717, 1.165) is 5.56 Å². The number of hydrogen-bond acceptors (Lipinski definition) is 5. The van der Waals surface area contributed by atoms with Crippen molar-refractivity contribution in [3.63, 3.8) is 0 Å². The van der Waals surface area contributed by atoms with Gasteiger partial charge >= 0.3 is 5.97 Å². The molecule has 1 heterocycles. The van der Waals surface area contributed by atoms with Crippen molar-refractivity contribution in [2.24, 2.45) is 0 Å². The van der Waals surface area contributed by atoms with Crippen LogP contribution >= 0.6 is 11.6 Å². The van der Waals surface area contributed by atoms with Crippen molar-refractivity contribution >= 4 is 29.1 Å². The topological polar surface area (TPSA) is 103 Å². The highest BCUT2D eigenvalue weighted by atomic mass is 35.5. The highest BCUT2D eigenvalue weighted by molar-refractivity contribution is 6.31. The van der Waals surface area contributed by atoms with Gasteiger partial charge in [-0.25, -0.2) is 9.78 Å². The van der Waals surface area contributed by atoms with Crippen molar-refractivity contribution in [1.29, 1.82) is 0 Å². The summed E-state index contributed by atoms with van der Waals surface area (Å²) in [6.45, 7) is 1.36. The lowest BCUT2D eigenvalue weighted by Gasteiger charge is -2.15. The number of hydrogen-bond donors (Lipinski definition) is 4. The molecule has 1 aromatic carbocycles. The summed E-state index contributed by atoms with van der Waals surface area (Å²) in [7, 11) is 0. The maximum absolute atomic E-state index is 11.6. The molecule has 1 aromatic heterocycles. The number of pyridine rings is 1. The van der Waals surface area contributed by atoms with Gasteiger partial charge in [0.15, 0.2) is 0 Å². The molecule has 4 N–H and O–H groups in total. The third-order valence-corrected chi connectivity index (χ3v) is 3.85. The molecule has 0 aliphatic carbocycles. The third-order valence-electron chi connectivity index (χ3n) is 3.44. The molecule has 6 nitrogen and oxygen atoms in total. The molecule has 2 aromatic rings. The minimum atomic E-state index is -1.17. The number of halogens is 1. The van der Waals surface area contributed by atoms with Gasteiger partial charge in [-0.15, -0.1) is 0 Å². The molecule has 0 spiro atoms. The summed E-state index contributed by atoms with van der Waals surface area (Å²) >= 11 is 6.06. The molecule has 1 atom stereocenters. The van der Waals surface area contributed by atoms with Crippen LogP contribution in [0.3, 0.4) is 0 Å². The number of nitrogens with zero attached hydrogens (tertiary/aromatic N) is 1. The first-order chi connectivity index (χ1) is 10.9. The predicted octanol–water partition coefficient (Wildman–Crippen LogP) is 2.38. The Labute approximate surface area is 138 Å². The third kappa shape index (κ3) is 3.98. The van der Waals surface area contributed by atoms with Crippen LogP contribution in [0.4, 0.5) is 11.5 Å². The fourth-order valence-corrected chi connectivity index (χ4v) is 2.37. The van der Waals surface area contributed by atoms with Crippen molar-refractivity contribution in [1.82, 2.24) is 4.98 Å². The zero-order valence-corrected chi connectivity index (χ0v) is 13.2. The fourth-order valence-electron chi connectivity index (χ4n) is 2.19. The number of aliphatic hydroxyl groups is 2. The quantitative estimate of drug-likeness (QED) is 0.646. The second-order valence-electron chi connectivity index (χ2n) is 5.08. The molecule has 0 fully saturated rings. The summed E-state index contributed by atoms with van der Waals surface area (Å²) in [5.41, 5.74) is 1.76. The predicted molar refractivity (Wildman–Crippen MR) is 87.5 cm³/mol. The highest BCUT2D eigenvalue weighted by Crippen LogP contribution is 2.28. The van der Waals surface area contributed by atoms with Gasteiger partial charge in [-0.05, 0) is 36.2 Å². The number of aromatic nitrogens is 1. The summed E-state index contributed by atoms with van der Waals surface area (Å²) in [6.07, 6.45) is 0.439. The van der Waals surface area contributed by atoms with E-state index in [9.17, 15) is 15.0 Å². The van der Waals surface area contributed by atoms with Gasteiger partial charge in [0.2, 0.25) is 0 Å². The van der Waals surface area contributed by atoms with Crippen LogP contribution in [0.1, 0.15) is 21.5 Å². The van der Waals surface area contributed by atoms with E-state index in [1.165, 1.54) is 12.3 Å². The van der Waals surface area contributed by atoms with Crippen molar-refractivity contribution in [3.05, 3.63) is 52.2 Å². The number of benzene rings is 1. The summed E-state index contributed by atoms with van der Waals surface area (Å²) < 4.78 is 0. The molecule has 0 radical (unpaired) electrons. The standard InChI is InChI=1S/C16H17ClN2O4/c1-9-12(17)3-2-4-13(9)19-15-14(16(22)23)10(5-6-18-15)7-11(21)8-20/h2-6,11,20-21H,7-8H2,1H3,(H,18,19)(H,22,23). The molecule has 1 unspecified atom stereocenters. The van der Waals surface area contributed by atoms with Crippen LogP contribution < -0.4 is 5.32 Å². The smallest absolute Gasteiger partial charge is 0.339 e. The number of anilines is 2. The number of carboxylic acids is 1. The Kier molecular flexibility index (Phi) is 5.54. The SMILES string of the molecule is Cc1c(Cl)cccc1Nc1nccc(CC(O)CO)c1C(=O)O. The van der Waals surface area contributed by atoms with Crippen LogP contribution in [0.2, 0.25) is 5.02 Å². The van der Waals surface area contributed by atoms with Crippen molar-refractivity contribution in [3.8, 4) is 0 Å². The number of rotatable bonds is 6. The Morgan fingerprint density at radius 1 is 1.39 bits per heavy atom. The van der Waals surface area contributed by atoms with Crippen LogP contribution in [-0.4, -0.2) is 39.0 Å². The van der Waals surface area contributed by atoms with Crippen LogP contribution in [0.5, 0.6) is 0 Å². The maximum atomic E-state index is 11.6. The van der Waals surface area contributed by atoms with E-state index in [-0.39, 0.29) is 17.8 Å². The normalized spacial score (nSPS) is 12.0. The molecule has 0 aliphatic heterocycles. The molecule has 0 aliphatic rings. The second kappa shape index (κ2) is 7.41. The molecule has 0 amide bonds. The number of nitrogens with one attached hydrogen (secondary N) is 1. The number of aromatic carboxylic acids is 1. The number of carbonyl (C=O) groups is 1. The lowest BCUT2D eigenvalue weighted by atomic mass is 10.0. The van der Waals surface area contributed by atoms with Crippen molar-refractivity contribution < 1.29 is 20.1 Å². The Bertz CT molecular complexity index is 721. The molecule has 122 valence electrons. The molecule has 23 heavy (non-hydrogen) atoms. The van der Waals surface area contributed by atoms with Gasteiger partial charge in [0.25, 0.3) is 0 Å². The monoisotopic (exact) mass is 336 g/mol. The first-order valence-electron chi connectivity index (χ1n) is 6.96. The van der Waals surface area contributed by atoms with Gasteiger partial charge < -0.3 is 20.6 Å². The molecule has 0 bridgehead atoms. The largest absolute Gasteiger partial charge is 0.478 e. The molecule has 2 rings (SSSR count). The average Bonchev–Trinajstić information content (AvgIpc) is 2.51. The zero-order valence-electron chi connectivity index (χ0n) is 12.5. The Balaban J connectivity index is 2.44. The van der Waals surface area contributed by atoms with E-state index in [1.807, 2.05) is 6.92 Å².